The number of fused-ring (bicyclic) bond motifs is 1. The number of carboxylic acid groups (broad SMARTS) is 1. The molecule has 4 rings (SSSR count). The van der Waals surface area contributed by atoms with Crippen LogP contribution >= 0.6 is 0 Å². The molecule has 0 aliphatic heterocycles. The number of nitrogens with zero attached hydrogens (tertiary/aromatic N) is 2. The summed E-state index contributed by atoms with van der Waals surface area (Å²) in [7, 11) is 0. The van der Waals surface area contributed by atoms with Crippen LogP contribution in [0.1, 0.15) is 33.7 Å². The van der Waals surface area contributed by atoms with Crippen molar-refractivity contribution < 1.29 is 19.5 Å². The Hall–Kier alpha value is -4.01. The van der Waals surface area contributed by atoms with Crippen molar-refractivity contribution in [1.82, 2.24) is 15.1 Å². The molecular weight excluding hydrogens is 388 g/mol. The first-order chi connectivity index (χ1) is 14.4. The molecule has 1 aliphatic carbocycles. The van der Waals surface area contributed by atoms with Crippen LogP contribution in [0.2, 0.25) is 0 Å². The standard InChI is InChI=1S/C21H18N4O5/c26-17(23-16-8-4-3-7-15(16)19(27)22-12-9-10-12)11-25-20(28)14-6-2-1-5-13(14)18(24-25)21(29)30/h1-8,12H,9-11H2,(H,22,27)(H,23,26)(H,29,30). The van der Waals surface area contributed by atoms with Gasteiger partial charge in [0.2, 0.25) is 5.91 Å². The number of hydrogen-bond donors (Lipinski definition) is 3. The summed E-state index contributed by atoms with van der Waals surface area (Å²) >= 11 is 0. The first-order valence-corrected chi connectivity index (χ1v) is 9.37. The van der Waals surface area contributed by atoms with Gasteiger partial charge in [0.1, 0.15) is 6.54 Å². The van der Waals surface area contributed by atoms with Gasteiger partial charge in [0, 0.05) is 11.4 Å². The number of carbonyl (C=O) groups is 3. The van der Waals surface area contributed by atoms with Gasteiger partial charge in [-0.15, -0.1) is 0 Å². The summed E-state index contributed by atoms with van der Waals surface area (Å²) < 4.78 is 0.813. The van der Waals surface area contributed by atoms with Gasteiger partial charge in [-0.05, 0) is 31.0 Å². The number of rotatable bonds is 6. The van der Waals surface area contributed by atoms with Gasteiger partial charge in [0.15, 0.2) is 5.69 Å². The van der Waals surface area contributed by atoms with E-state index < -0.39 is 24.0 Å². The average Bonchev–Trinajstić information content (AvgIpc) is 3.54. The van der Waals surface area contributed by atoms with Crippen molar-refractivity contribution in [2.75, 3.05) is 5.32 Å². The van der Waals surface area contributed by atoms with Gasteiger partial charge in [0.25, 0.3) is 11.5 Å². The number of nitrogens with one attached hydrogen (secondary N) is 2. The predicted molar refractivity (Wildman–Crippen MR) is 109 cm³/mol. The van der Waals surface area contributed by atoms with Crippen molar-refractivity contribution in [3.05, 3.63) is 70.1 Å². The fraction of sp³-hybridized carbons (Fsp3) is 0.190. The summed E-state index contributed by atoms with van der Waals surface area (Å²) in [6.45, 7) is -0.497. The largest absolute Gasteiger partial charge is 0.476 e. The van der Waals surface area contributed by atoms with E-state index in [9.17, 15) is 24.3 Å². The first-order valence-electron chi connectivity index (χ1n) is 9.37. The molecule has 1 fully saturated rings. The number of carboxylic acids is 1. The van der Waals surface area contributed by atoms with Crippen LogP contribution in [0.25, 0.3) is 10.8 Å². The molecule has 2 aromatic carbocycles. The Morgan fingerprint density at radius 2 is 1.70 bits per heavy atom. The molecule has 1 saturated carbocycles. The number of aromatic nitrogens is 2. The maximum atomic E-state index is 12.7. The van der Waals surface area contributed by atoms with E-state index >= 15 is 0 Å². The van der Waals surface area contributed by atoms with E-state index in [2.05, 4.69) is 15.7 Å². The average molecular weight is 406 g/mol. The molecule has 0 radical (unpaired) electrons. The molecule has 1 aliphatic rings. The van der Waals surface area contributed by atoms with Gasteiger partial charge in [-0.2, -0.15) is 5.10 Å². The Morgan fingerprint density at radius 1 is 1.03 bits per heavy atom. The van der Waals surface area contributed by atoms with Gasteiger partial charge in [-0.25, -0.2) is 9.48 Å². The highest BCUT2D eigenvalue weighted by molar-refractivity contribution is 6.04. The summed E-state index contributed by atoms with van der Waals surface area (Å²) in [6, 6.07) is 12.9. The van der Waals surface area contributed by atoms with Crippen LogP contribution in [0.15, 0.2) is 53.3 Å². The molecule has 0 unspecified atom stereocenters. The lowest BCUT2D eigenvalue weighted by Crippen LogP contribution is -2.32. The minimum atomic E-state index is -1.30. The summed E-state index contributed by atoms with van der Waals surface area (Å²) in [4.78, 5) is 49.2. The van der Waals surface area contributed by atoms with Gasteiger partial charge in [-0.3, -0.25) is 14.4 Å². The Morgan fingerprint density at radius 3 is 2.40 bits per heavy atom. The maximum Gasteiger partial charge on any atom is 0.357 e. The Bertz CT molecular complexity index is 1230. The lowest BCUT2D eigenvalue weighted by atomic mass is 10.1. The molecule has 152 valence electrons. The molecule has 2 amide bonds. The van der Waals surface area contributed by atoms with Crippen molar-refractivity contribution in [2.24, 2.45) is 0 Å². The zero-order valence-corrected chi connectivity index (χ0v) is 15.8. The monoisotopic (exact) mass is 406 g/mol. The Labute approximate surface area is 170 Å². The van der Waals surface area contributed by atoms with Gasteiger partial charge in [0.05, 0.1) is 16.6 Å². The normalized spacial score (nSPS) is 13.1. The molecule has 30 heavy (non-hydrogen) atoms. The molecule has 3 aromatic rings. The summed E-state index contributed by atoms with van der Waals surface area (Å²) in [5, 5.41) is 19.1. The minimum absolute atomic E-state index is 0.155. The van der Waals surface area contributed by atoms with Crippen LogP contribution < -0.4 is 16.2 Å². The highest BCUT2D eigenvalue weighted by Gasteiger charge is 2.25. The third-order valence-electron chi connectivity index (χ3n) is 4.72. The zero-order valence-electron chi connectivity index (χ0n) is 15.8. The number of carbonyl (C=O) groups excluding carboxylic acids is 2. The van der Waals surface area contributed by atoms with Crippen LogP contribution in [0.5, 0.6) is 0 Å². The summed E-state index contributed by atoms with van der Waals surface area (Å²) in [5.74, 6) is -2.20. The molecule has 0 atom stereocenters. The molecule has 0 saturated heterocycles. The van der Waals surface area contributed by atoms with E-state index in [0.717, 1.165) is 17.5 Å². The molecule has 1 aromatic heterocycles. The van der Waals surface area contributed by atoms with E-state index in [0.29, 0.717) is 11.3 Å². The lowest BCUT2D eigenvalue weighted by Gasteiger charge is -2.12. The van der Waals surface area contributed by atoms with E-state index in [1.54, 1.807) is 36.4 Å². The molecule has 1 heterocycles. The van der Waals surface area contributed by atoms with Crippen LogP contribution in [0.4, 0.5) is 5.69 Å². The second-order valence-corrected chi connectivity index (χ2v) is 7.00. The third-order valence-corrected chi connectivity index (χ3v) is 4.72. The van der Waals surface area contributed by atoms with Crippen molar-refractivity contribution in [3.63, 3.8) is 0 Å². The van der Waals surface area contributed by atoms with Crippen LogP contribution in [-0.2, 0) is 11.3 Å². The second kappa shape index (κ2) is 7.78. The van der Waals surface area contributed by atoms with Crippen molar-refractivity contribution in [2.45, 2.75) is 25.4 Å². The first kappa shape index (κ1) is 19.3. The van der Waals surface area contributed by atoms with Crippen LogP contribution in [0, 0.1) is 0 Å². The van der Waals surface area contributed by atoms with Crippen LogP contribution in [-0.4, -0.2) is 38.7 Å². The number of benzene rings is 2. The smallest absolute Gasteiger partial charge is 0.357 e. The van der Waals surface area contributed by atoms with Gasteiger partial charge in [-0.1, -0.05) is 30.3 Å². The molecule has 9 heteroatoms. The Kier molecular flexibility index (Phi) is 5.01. The van der Waals surface area contributed by atoms with E-state index in [1.807, 2.05) is 0 Å². The lowest BCUT2D eigenvalue weighted by molar-refractivity contribution is -0.117. The van der Waals surface area contributed by atoms with Crippen molar-refractivity contribution >= 4 is 34.2 Å². The highest BCUT2D eigenvalue weighted by Crippen LogP contribution is 2.21. The zero-order chi connectivity index (χ0) is 21.3. The number of amides is 2. The van der Waals surface area contributed by atoms with E-state index in [1.165, 1.54) is 12.1 Å². The number of para-hydroxylation sites is 1. The summed E-state index contributed by atoms with van der Waals surface area (Å²) in [5.41, 5.74) is -0.288. The van der Waals surface area contributed by atoms with Crippen LogP contribution in [0.3, 0.4) is 0 Å². The number of anilines is 1. The molecule has 3 N–H and O–H groups in total. The predicted octanol–water partition coefficient (Wildman–Crippen LogP) is 1.63. The molecule has 9 nitrogen and oxygen atoms in total. The van der Waals surface area contributed by atoms with E-state index in [4.69, 9.17) is 0 Å². The highest BCUT2D eigenvalue weighted by atomic mass is 16.4. The van der Waals surface area contributed by atoms with Crippen molar-refractivity contribution in [1.29, 1.82) is 0 Å². The van der Waals surface area contributed by atoms with Gasteiger partial charge < -0.3 is 15.7 Å². The minimum Gasteiger partial charge on any atom is -0.476 e. The number of aromatic carboxylic acids is 1. The van der Waals surface area contributed by atoms with Crippen molar-refractivity contribution in [3.8, 4) is 0 Å². The topological polar surface area (TPSA) is 130 Å². The Balaban J connectivity index is 1.60. The quantitative estimate of drug-likeness (QED) is 0.570. The third kappa shape index (κ3) is 3.90. The fourth-order valence-electron chi connectivity index (χ4n) is 3.11. The fourth-order valence-corrected chi connectivity index (χ4v) is 3.11. The second-order valence-electron chi connectivity index (χ2n) is 7.00. The molecular formula is C21H18N4O5. The van der Waals surface area contributed by atoms with E-state index in [-0.39, 0.29) is 28.4 Å². The SMILES string of the molecule is O=C(Cn1nc(C(=O)O)c2ccccc2c1=O)Nc1ccccc1C(=O)NC1CC1. The maximum absolute atomic E-state index is 12.7. The molecule has 0 spiro atoms. The van der Waals surface area contributed by atoms with Gasteiger partial charge >= 0.3 is 5.97 Å². The summed E-state index contributed by atoms with van der Waals surface area (Å²) in [6.07, 6.45) is 1.87. The molecule has 0 bridgehead atoms. The number of hydrogen-bond acceptors (Lipinski definition) is 5.